The molecule has 0 aliphatic heterocycles. The summed E-state index contributed by atoms with van der Waals surface area (Å²) in [6.07, 6.45) is 0.691. The Bertz CT molecular complexity index is 848. The van der Waals surface area contributed by atoms with Crippen LogP contribution in [0.15, 0.2) is 53.4 Å². The smallest absolute Gasteiger partial charge is 0.264 e. The van der Waals surface area contributed by atoms with Gasteiger partial charge in [0.15, 0.2) is 0 Å². The van der Waals surface area contributed by atoms with Gasteiger partial charge in [0.2, 0.25) is 0 Å². The van der Waals surface area contributed by atoms with E-state index in [2.05, 4.69) is 5.32 Å². The molecule has 0 spiro atoms. The molecule has 140 valence electrons. The van der Waals surface area contributed by atoms with E-state index in [1.165, 1.54) is 23.5 Å². The van der Waals surface area contributed by atoms with Crippen LogP contribution in [0.5, 0.6) is 0 Å². The molecule has 0 aliphatic rings. The first-order valence-corrected chi connectivity index (χ1v) is 9.73. The summed E-state index contributed by atoms with van der Waals surface area (Å²) in [5.74, 6) is -0.309. The number of hydrogen-bond acceptors (Lipinski definition) is 4. The lowest BCUT2D eigenvalue weighted by atomic mass is 10.2. The first kappa shape index (κ1) is 19.9. The summed E-state index contributed by atoms with van der Waals surface area (Å²) >= 11 is 0. The van der Waals surface area contributed by atoms with Crippen molar-refractivity contribution < 1.29 is 17.9 Å². The van der Waals surface area contributed by atoms with Crippen LogP contribution < -0.4 is 9.62 Å². The maximum atomic E-state index is 12.9. The zero-order valence-electron chi connectivity index (χ0n) is 15.2. The summed E-state index contributed by atoms with van der Waals surface area (Å²) in [6.45, 7) is 2.95. The van der Waals surface area contributed by atoms with E-state index in [1.807, 2.05) is 19.1 Å². The van der Waals surface area contributed by atoms with Gasteiger partial charge in [-0.25, -0.2) is 8.42 Å². The molecule has 0 fully saturated rings. The predicted octanol–water partition coefficient (Wildman–Crippen LogP) is 2.59. The van der Waals surface area contributed by atoms with Crippen molar-refractivity contribution in [2.24, 2.45) is 0 Å². The number of carbonyl (C=O) groups is 1. The third-order valence-electron chi connectivity index (χ3n) is 3.96. The highest BCUT2D eigenvalue weighted by atomic mass is 32.2. The summed E-state index contributed by atoms with van der Waals surface area (Å²) in [7, 11) is -0.661. The average Bonchev–Trinajstić information content (AvgIpc) is 2.65. The maximum absolute atomic E-state index is 12.9. The molecule has 0 aliphatic carbocycles. The Morgan fingerprint density at radius 1 is 1.15 bits per heavy atom. The van der Waals surface area contributed by atoms with Crippen LogP contribution in [0.2, 0.25) is 0 Å². The first-order valence-electron chi connectivity index (χ1n) is 8.29. The van der Waals surface area contributed by atoms with E-state index in [9.17, 15) is 13.2 Å². The molecule has 26 heavy (non-hydrogen) atoms. The Hall–Kier alpha value is -2.38. The highest BCUT2D eigenvalue weighted by Crippen LogP contribution is 2.23. The van der Waals surface area contributed by atoms with E-state index in [-0.39, 0.29) is 10.8 Å². The van der Waals surface area contributed by atoms with Crippen molar-refractivity contribution in [2.75, 3.05) is 31.6 Å². The van der Waals surface area contributed by atoms with E-state index in [4.69, 9.17) is 4.74 Å². The van der Waals surface area contributed by atoms with Gasteiger partial charge in [-0.15, -0.1) is 0 Å². The van der Waals surface area contributed by atoms with Crippen molar-refractivity contribution in [3.8, 4) is 0 Å². The van der Waals surface area contributed by atoms with Crippen LogP contribution in [0, 0.1) is 6.92 Å². The van der Waals surface area contributed by atoms with Gasteiger partial charge in [-0.3, -0.25) is 9.10 Å². The van der Waals surface area contributed by atoms with Gasteiger partial charge >= 0.3 is 0 Å². The first-order chi connectivity index (χ1) is 12.4. The number of carbonyl (C=O) groups excluding carboxylic acids is 1. The van der Waals surface area contributed by atoms with Crippen LogP contribution >= 0.6 is 0 Å². The summed E-state index contributed by atoms with van der Waals surface area (Å²) in [6, 6.07) is 13.2. The van der Waals surface area contributed by atoms with Gasteiger partial charge in [-0.2, -0.15) is 0 Å². The lowest BCUT2D eigenvalue weighted by molar-refractivity contribution is 0.0948. The SMILES string of the molecule is COCCCNC(=O)c1cccc(S(=O)(=O)N(C)c2ccc(C)cc2)c1. The second-order valence-corrected chi connectivity index (χ2v) is 7.91. The molecule has 2 aromatic carbocycles. The highest BCUT2D eigenvalue weighted by Gasteiger charge is 2.22. The van der Waals surface area contributed by atoms with E-state index < -0.39 is 10.0 Å². The third-order valence-corrected chi connectivity index (χ3v) is 5.74. The topological polar surface area (TPSA) is 75.7 Å². The second kappa shape index (κ2) is 8.82. The van der Waals surface area contributed by atoms with Gasteiger partial charge in [0.1, 0.15) is 0 Å². The van der Waals surface area contributed by atoms with Crippen molar-refractivity contribution in [2.45, 2.75) is 18.2 Å². The molecule has 0 saturated carbocycles. The lowest BCUT2D eigenvalue weighted by Crippen LogP contribution is -2.28. The number of amides is 1. The number of methoxy groups -OCH3 is 1. The molecule has 1 N–H and O–H groups in total. The second-order valence-electron chi connectivity index (χ2n) is 5.94. The monoisotopic (exact) mass is 376 g/mol. The van der Waals surface area contributed by atoms with Crippen molar-refractivity contribution >= 4 is 21.6 Å². The predicted molar refractivity (Wildman–Crippen MR) is 102 cm³/mol. The minimum Gasteiger partial charge on any atom is -0.385 e. The summed E-state index contributed by atoms with van der Waals surface area (Å²) in [4.78, 5) is 12.3. The van der Waals surface area contributed by atoms with Crippen LogP contribution in [-0.4, -0.2) is 41.6 Å². The minimum absolute atomic E-state index is 0.0742. The number of anilines is 1. The van der Waals surface area contributed by atoms with Gasteiger partial charge in [-0.05, 0) is 43.7 Å². The largest absolute Gasteiger partial charge is 0.385 e. The number of benzene rings is 2. The molecule has 6 nitrogen and oxygen atoms in total. The third kappa shape index (κ3) is 4.83. The molecule has 0 saturated heterocycles. The zero-order valence-corrected chi connectivity index (χ0v) is 16.0. The van der Waals surface area contributed by atoms with Gasteiger partial charge in [0.25, 0.3) is 15.9 Å². The number of sulfonamides is 1. The summed E-state index contributed by atoms with van der Waals surface area (Å²) in [5, 5.41) is 2.75. The molecule has 0 aromatic heterocycles. The van der Waals surface area contributed by atoms with Crippen molar-refractivity contribution in [1.82, 2.24) is 5.32 Å². The van der Waals surface area contributed by atoms with Crippen molar-refractivity contribution in [3.63, 3.8) is 0 Å². The van der Waals surface area contributed by atoms with Gasteiger partial charge in [0.05, 0.1) is 10.6 Å². The Morgan fingerprint density at radius 3 is 2.50 bits per heavy atom. The van der Waals surface area contributed by atoms with E-state index in [0.29, 0.717) is 30.8 Å². The zero-order chi connectivity index (χ0) is 19.2. The summed E-state index contributed by atoms with van der Waals surface area (Å²) < 4.78 is 31.9. The van der Waals surface area contributed by atoms with Crippen LogP contribution in [0.25, 0.3) is 0 Å². The van der Waals surface area contributed by atoms with Gasteiger partial charge in [0, 0.05) is 32.9 Å². The van der Waals surface area contributed by atoms with E-state index in [0.717, 1.165) is 5.56 Å². The van der Waals surface area contributed by atoms with Gasteiger partial charge in [-0.1, -0.05) is 23.8 Å². The number of nitrogens with one attached hydrogen (secondary N) is 1. The molecule has 0 heterocycles. The quantitative estimate of drug-likeness (QED) is 0.719. The highest BCUT2D eigenvalue weighted by molar-refractivity contribution is 7.92. The normalized spacial score (nSPS) is 11.2. The fourth-order valence-electron chi connectivity index (χ4n) is 2.37. The average molecular weight is 376 g/mol. The van der Waals surface area contributed by atoms with E-state index >= 15 is 0 Å². The molecule has 7 heteroatoms. The number of nitrogens with zero attached hydrogens (tertiary/aromatic N) is 1. The Labute approximate surface area is 154 Å². The summed E-state index contributed by atoms with van der Waals surface area (Å²) in [5.41, 5.74) is 1.91. The number of rotatable bonds is 8. The number of ether oxygens (including phenoxy) is 1. The molecule has 1 amide bonds. The molecular weight excluding hydrogens is 352 g/mol. The number of aryl methyl sites for hydroxylation is 1. The van der Waals surface area contributed by atoms with Crippen LogP contribution in [0.1, 0.15) is 22.3 Å². The number of hydrogen-bond donors (Lipinski definition) is 1. The lowest BCUT2D eigenvalue weighted by Gasteiger charge is -2.20. The van der Waals surface area contributed by atoms with Crippen LogP contribution in [0.3, 0.4) is 0 Å². The molecule has 2 aromatic rings. The van der Waals surface area contributed by atoms with E-state index in [1.54, 1.807) is 31.4 Å². The minimum atomic E-state index is -3.76. The fourth-order valence-corrected chi connectivity index (χ4v) is 3.61. The molecule has 0 unspecified atom stereocenters. The maximum Gasteiger partial charge on any atom is 0.264 e. The molecular formula is C19H24N2O4S. The van der Waals surface area contributed by atoms with Gasteiger partial charge < -0.3 is 10.1 Å². The molecule has 0 atom stereocenters. The molecule has 0 bridgehead atoms. The van der Waals surface area contributed by atoms with Crippen molar-refractivity contribution in [3.05, 3.63) is 59.7 Å². The molecule has 0 radical (unpaired) electrons. The van der Waals surface area contributed by atoms with Crippen molar-refractivity contribution in [1.29, 1.82) is 0 Å². The Balaban J connectivity index is 2.19. The Kier molecular flexibility index (Phi) is 6.76. The standard InChI is InChI=1S/C19H24N2O4S/c1-15-8-10-17(11-9-15)21(2)26(23,24)18-7-4-6-16(14-18)19(22)20-12-5-13-25-3/h4,6-11,14H,5,12-13H2,1-3H3,(H,20,22). The molecule has 2 rings (SSSR count). The van der Waals surface area contributed by atoms with Crippen LogP contribution in [-0.2, 0) is 14.8 Å². The Morgan fingerprint density at radius 2 is 1.85 bits per heavy atom. The van der Waals surface area contributed by atoms with Crippen LogP contribution in [0.4, 0.5) is 5.69 Å². The fraction of sp³-hybridized carbons (Fsp3) is 0.316.